The van der Waals surface area contributed by atoms with E-state index in [9.17, 15) is 18.0 Å². The molecule has 0 spiro atoms. The van der Waals surface area contributed by atoms with Crippen molar-refractivity contribution in [2.24, 2.45) is 0 Å². The van der Waals surface area contributed by atoms with E-state index in [1.54, 1.807) is 25.1 Å². The first-order chi connectivity index (χ1) is 14.7. The molecule has 0 saturated carbocycles. The second-order valence-electron chi connectivity index (χ2n) is 7.12. The normalized spacial score (nSPS) is 12.2. The maximum Gasteiger partial charge on any atom is 0.433 e. The van der Waals surface area contributed by atoms with Gasteiger partial charge in [0.05, 0.1) is 19.3 Å². The fourth-order valence-electron chi connectivity index (χ4n) is 2.99. The molecule has 1 aromatic heterocycles. The number of benzene rings is 1. The van der Waals surface area contributed by atoms with Gasteiger partial charge in [-0.05, 0) is 36.6 Å². The standard InChI is InChI=1S/C23H25F3N2O3/c1-4-5-12-31-22-16(9-11-21(28-22)23(24,25)26)8-10-19(29)15(2)17-6-7-18(14-27)20(13-17)30-3/h6-7,9,11,13,15H,4-5,8,10,12H2,1-3H3. The number of nitrogens with zero attached hydrogens (tertiary/aromatic N) is 2. The number of hydrogen-bond acceptors (Lipinski definition) is 5. The van der Waals surface area contributed by atoms with Crippen molar-refractivity contribution in [1.29, 1.82) is 5.26 Å². The SMILES string of the molecule is CCCCOc1nc(C(F)(F)F)ccc1CCC(=O)C(C)c1ccc(C#N)c(OC)c1. The van der Waals surface area contributed by atoms with Crippen molar-refractivity contribution in [3.63, 3.8) is 0 Å². The fraction of sp³-hybridized carbons (Fsp3) is 0.435. The molecule has 0 N–H and O–H groups in total. The zero-order valence-corrected chi connectivity index (χ0v) is 17.8. The monoisotopic (exact) mass is 434 g/mol. The predicted octanol–water partition coefficient (Wildman–Crippen LogP) is 5.46. The molecule has 166 valence electrons. The van der Waals surface area contributed by atoms with Gasteiger partial charge in [0, 0.05) is 17.9 Å². The first kappa shape index (κ1) is 24.2. The first-order valence-corrected chi connectivity index (χ1v) is 10.0. The molecule has 1 atom stereocenters. The molecular weight excluding hydrogens is 409 g/mol. The number of hydrogen-bond donors (Lipinski definition) is 0. The molecule has 0 fully saturated rings. The van der Waals surface area contributed by atoms with Gasteiger partial charge < -0.3 is 9.47 Å². The Hall–Kier alpha value is -3.08. The molecule has 1 heterocycles. The number of ketones is 1. The summed E-state index contributed by atoms with van der Waals surface area (Å²) in [5.41, 5.74) is 0.510. The summed E-state index contributed by atoms with van der Waals surface area (Å²) in [6, 6.07) is 9.19. The van der Waals surface area contributed by atoms with Crippen molar-refractivity contribution >= 4 is 5.78 Å². The molecule has 0 aliphatic heterocycles. The highest BCUT2D eigenvalue weighted by molar-refractivity contribution is 5.85. The average molecular weight is 434 g/mol. The van der Waals surface area contributed by atoms with E-state index in [1.807, 2.05) is 13.0 Å². The summed E-state index contributed by atoms with van der Waals surface area (Å²) in [4.78, 5) is 16.4. The lowest BCUT2D eigenvalue weighted by Gasteiger charge is -2.15. The Bertz CT molecular complexity index is 952. The number of nitriles is 1. The zero-order chi connectivity index (χ0) is 23.0. The Morgan fingerprint density at radius 2 is 2.00 bits per heavy atom. The molecule has 2 aromatic rings. The van der Waals surface area contributed by atoms with E-state index in [1.165, 1.54) is 13.2 Å². The third-order valence-electron chi connectivity index (χ3n) is 4.94. The van der Waals surface area contributed by atoms with Crippen molar-refractivity contribution in [2.45, 2.75) is 51.6 Å². The number of halogens is 3. The molecular formula is C23H25F3N2O3. The number of alkyl halides is 3. The molecule has 1 aromatic carbocycles. The van der Waals surface area contributed by atoms with Crippen LogP contribution in [0.3, 0.4) is 0 Å². The molecule has 5 nitrogen and oxygen atoms in total. The third-order valence-corrected chi connectivity index (χ3v) is 4.94. The summed E-state index contributed by atoms with van der Waals surface area (Å²) in [6.07, 6.45) is -2.73. The Labute approximate surface area is 179 Å². The number of rotatable bonds is 10. The summed E-state index contributed by atoms with van der Waals surface area (Å²) in [7, 11) is 1.45. The highest BCUT2D eigenvalue weighted by Crippen LogP contribution is 2.31. The average Bonchev–Trinajstić information content (AvgIpc) is 2.76. The molecule has 2 rings (SSSR count). The minimum Gasteiger partial charge on any atom is -0.495 e. The van der Waals surface area contributed by atoms with Crippen molar-refractivity contribution < 1.29 is 27.4 Å². The zero-order valence-electron chi connectivity index (χ0n) is 17.8. The number of aromatic nitrogens is 1. The van der Waals surface area contributed by atoms with Crippen LogP contribution < -0.4 is 9.47 Å². The molecule has 0 radical (unpaired) electrons. The van der Waals surface area contributed by atoms with Crippen molar-refractivity contribution in [2.75, 3.05) is 13.7 Å². The minimum atomic E-state index is -4.57. The Kier molecular flexibility index (Phi) is 8.43. The van der Waals surface area contributed by atoms with Crippen molar-refractivity contribution in [3.05, 3.63) is 52.7 Å². The van der Waals surface area contributed by atoms with Crippen LogP contribution in [0, 0.1) is 11.3 Å². The van der Waals surface area contributed by atoms with Gasteiger partial charge in [-0.15, -0.1) is 0 Å². The molecule has 0 amide bonds. The van der Waals surface area contributed by atoms with Crippen molar-refractivity contribution in [1.82, 2.24) is 4.98 Å². The summed E-state index contributed by atoms with van der Waals surface area (Å²) >= 11 is 0. The minimum absolute atomic E-state index is 0.0798. The van der Waals surface area contributed by atoms with E-state index in [2.05, 4.69) is 4.98 Å². The highest BCUT2D eigenvalue weighted by atomic mass is 19.4. The van der Waals surface area contributed by atoms with Crippen LogP contribution in [0.25, 0.3) is 0 Å². The molecule has 8 heteroatoms. The third kappa shape index (κ3) is 6.45. The maximum atomic E-state index is 13.0. The Balaban J connectivity index is 2.15. The van der Waals surface area contributed by atoms with Gasteiger partial charge in [-0.1, -0.05) is 32.4 Å². The smallest absolute Gasteiger partial charge is 0.433 e. The number of ether oxygens (including phenoxy) is 2. The summed E-state index contributed by atoms with van der Waals surface area (Å²) in [5, 5.41) is 9.09. The quantitative estimate of drug-likeness (QED) is 0.464. The van der Waals surface area contributed by atoms with Gasteiger partial charge in [0.1, 0.15) is 23.3 Å². The van der Waals surface area contributed by atoms with Crippen LogP contribution in [-0.2, 0) is 17.4 Å². The van der Waals surface area contributed by atoms with Gasteiger partial charge in [0.15, 0.2) is 0 Å². The molecule has 0 aliphatic rings. The van der Waals surface area contributed by atoms with Crippen LogP contribution in [0.5, 0.6) is 11.6 Å². The van der Waals surface area contributed by atoms with E-state index in [4.69, 9.17) is 14.7 Å². The van der Waals surface area contributed by atoms with E-state index in [-0.39, 0.29) is 31.1 Å². The van der Waals surface area contributed by atoms with Crippen LogP contribution >= 0.6 is 0 Å². The van der Waals surface area contributed by atoms with Crippen LogP contribution in [0.4, 0.5) is 13.2 Å². The van der Waals surface area contributed by atoms with E-state index >= 15 is 0 Å². The van der Waals surface area contributed by atoms with Gasteiger partial charge in [0.2, 0.25) is 5.88 Å². The van der Waals surface area contributed by atoms with Crippen LogP contribution in [0.2, 0.25) is 0 Å². The van der Waals surface area contributed by atoms with Gasteiger partial charge >= 0.3 is 6.18 Å². The number of carbonyl (C=O) groups excluding carboxylic acids is 1. The molecule has 0 bridgehead atoms. The lowest BCUT2D eigenvalue weighted by atomic mass is 9.92. The number of aryl methyl sites for hydroxylation is 1. The van der Waals surface area contributed by atoms with Gasteiger partial charge in [-0.3, -0.25) is 4.79 Å². The second kappa shape index (κ2) is 10.8. The lowest BCUT2D eigenvalue weighted by molar-refractivity contribution is -0.141. The summed E-state index contributed by atoms with van der Waals surface area (Å²) < 4.78 is 49.7. The van der Waals surface area contributed by atoms with Crippen LogP contribution in [0.15, 0.2) is 30.3 Å². The Morgan fingerprint density at radius 3 is 2.61 bits per heavy atom. The topological polar surface area (TPSA) is 72.2 Å². The van der Waals surface area contributed by atoms with Gasteiger partial charge in [-0.2, -0.15) is 18.4 Å². The number of carbonyl (C=O) groups is 1. The Morgan fingerprint density at radius 1 is 1.26 bits per heavy atom. The molecule has 0 saturated heterocycles. The lowest BCUT2D eigenvalue weighted by Crippen LogP contribution is -2.13. The maximum absolute atomic E-state index is 13.0. The van der Waals surface area contributed by atoms with Gasteiger partial charge in [0.25, 0.3) is 0 Å². The van der Waals surface area contributed by atoms with Crippen LogP contribution in [0.1, 0.15) is 61.4 Å². The number of unbranched alkanes of at least 4 members (excludes halogenated alkanes) is 1. The predicted molar refractivity (Wildman–Crippen MR) is 109 cm³/mol. The van der Waals surface area contributed by atoms with Crippen molar-refractivity contribution in [3.8, 4) is 17.7 Å². The van der Waals surface area contributed by atoms with Crippen LogP contribution in [-0.4, -0.2) is 24.5 Å². The van der Waals surface area contributed by atoms with E-state index < -0.39 is 17.8 Å². The van der Waals surface area contributed by atoms with E-state index in [0.717, 1.165) is 12.5 Å². The highest BCUT2D eigenvalue weighted by Gasteiger charge is 2.33. The molecule has 31 heavy (non-hydrogen) atoms. The summed E-state index contributed by atoms with van der Waals surface area (Å²) in [6.45, 7) is 3.95. The van der Waals surface area contributed by atoms with Gasteiger partial charge in [-0.25, -0.2) is 4.98 Å². The molecule has 0 aliphatic carbocycles. The fourth-order valence-corrected chi connectivity index (χ4v) is 2.99. The number of Topliss-reactive ketones (excluding diaryl/α,β-unsaturated/α-hetero) is 1. The van der Waals surface area contributed by atoms with E-state index in [0.29, 0.717) is 28.9 Å². The second-order valence-corrected chi connectivity index (χ2v) is 7.12. The molecule has 1 unspecified atom stereocenters. The first-order valence-electron chi connectivity index (χ1n) is 10.0. The number of pyridine rings is 1. The number of methoxy groups -OCH3 is 1. The largest absolute Gasteiger partial charge is 0.495 e. The summed E-state index contributed by atoms with van der Waals surface area (Å²) in [5.74, 6) is -0.248.